The Morgan fingerprint density at radius 1 is 1.00 bits per heavy atom. The van der Waals surface area contributed by atoms with E-state index in [-0.39, 0.29) is 0 Å². The minimum absolute atomic E-state index is 0.558. The van der Waals surface area contributed by atoms with E-state index in [0.29, 0.717) is 12.2 Å². The van der Waals surface area contributed by atoms with Crippen molar-refractivity contribution in [2.24, 2.45) is 0 Å². The summed E-state index contributed by atoms with van der Waals surface area (Å²) in [6, 6.07) is 0. The minimum atomic E-state index is -1.26. The second kappa shape index (κ2) is 7.74. The average molecular weight is 175 g/mol. The molecule has 0 aliphatic heterocycles. The summed E-state index contributed by atoms with van der Waals surface area (Å²) in [5, 5.41) is 15.6. The maximum atomic E-state index is 9.55. The quantitative estimate of drug-likeness (QED) is 0.572. The zero-order chi connectivity index (χ0) is 10.1. The van der Waals surface area contributed by atoms with Crippen LogP contribution < -0.4 is 0 Å². The highest BCUT2D eigenvalue weighted by molar-refractivity contribution is 5.89. The van der Waals surface area contributed by atoms with E-state index in [9.17, 15) is 9.59 Å². The number of rotatable bonds is 2. The summed E-state index contributed by atoms with van der Waals surface area (Å²) < 4.78 is 0. The zero-order valence-electron chi connectivity index (χ0n) is 7.31. The SMILES string of the molecule is CN(C)C.O=C(O)C=CC(=O)O. The van der Waals surface area contributed by atoms with Gasteiger partial charge in [-0.15, -0.1) is 0 Å². The lowest BCUT2D eigenvalue weighted by atomic mass is 10.5. The summed E-state index contributed by atoms with van der Waals surface area (Å²) in [7, 11) is 6.00. The maximum Gasteiger partial charge on any atom is 0.328 e. The molecular formula is C7H13NO4. The molecule has 0 aromatic heterocycles. The number of hydrogen-bond acceptors (Lipinski definition) is 3. The summed E-state index contributed by atoms with van der Waals surface area (Å²) in [6.45, 7) is 0. The normalized spacial score (nSPS) is 9.33. The molecule has 0 rings (SSSR count). The number of nitrogens with zero attached hydrogens (tertiary/aromatic N) is 1. The van der Waals surface area contributed by atoms with E-state index in [0.717, 1.165) is 0 Å². The van der Waals surface area contributed by atoms with E-state index >= 15 is 0 Å². The van der Waals surface area contributed by atoms with Crippen LogP contribution in [0, 0.1) is 0 Å². The second-order valence-electron chi connectivity index (χ2n) is 2.35. The van der Waals surface area contributed by atoms with E-state index in [1.54, 1.807) is 0 Å². The first-order chi connectivity index (χ1) is 5.36. The monoisotopic (exact) mass is 175 g/mol. The summed E-state index contributed by atoms with van der Waals surface area (Å²) in [5.74, 6) is -2.51. The number of carboxylic acid groups (broad SMARTS) is 2. The summed E-state index contributed by atoms with van der Waals surface area (Å²) in [5.41, 5.74) is 0. The Labute approximate surface area is 70.9 Å². The molecule has 0 saturated heterocycles. The standard InChI is InChI=1S/C4H4O4.C3H9N/c5-3(6)1-2-4(7)8;1-4(2)3/h1-2H,(H,5,6)(H,7,8);1-3H3. The predicted octanol–water partition coefficient (Wildman–Crippen LogP) is -0.110. The van der Waals surface area contributed by atoms with Gasteiger partial charge in [-0.2, -0.15) is 0 Å². The van der Waals surface area contributed by atoms with Gasteiger partial charge in [-0.05, 0) is 21.1 Å². The van der Waals surface area contributed by atoms with Gasteiger partial charge in [-0.25, -0.2) is 9.59 Å². The van der Waals surface area contributed by atoms with E-state index in [4.69, 9.17) is 10.2 Å². The maximum absolute atomic E-state index is 9.55. The van der Waals surface area contributed by atoms with Gasteiger partial charge >= 0.3 is 11.9 Å². The molecule has 0 aliphatic rings. The molecule has 12 heavy (non-hydrogen) atoms. The van der Waals surface area contributed by atoms with Gasteiger partial charge in [-0.3, -0.25) is 0 Å². The predicted molar refractivity (Wildman–Crippen MR) is 44.0 cm³/mol. The molecule has 0 aromatic rings. The zero-order valence-corrected chi connectivity index (χ0v) is 7.31. The fourth-order valence-electron chi connectivity index (χ4n) is 0.143. The van der Waals surface area contributed by atoms with E-state index < -0.39 is 11.9 Å². The number of carbonyl (C=O) groups is 2. The van der Waals surface area contributed by atoms with E-state index in [1.807, 2.05) is 26.0 Å². The Morgan fingerprint density at radius 3 is 1.25 bits per heavy atom. The van der Waals surface area contributed by atoms with E-state index in [2.05, 4.69) is 0 Å². The van der Waals surface area contributed by atoms with Crippen LogP contribution in [0.15, 0.2) is 12.2 Å². The molecule has 0 fully saturated rings. The van der Waals surface area contributed by atoms with Crippen LogP contribution in [-0.2, 0) is 9.59 Å². The van der Waals surface area contributed by atoms with Crippen LogP contribution in [0.25, 0.3) is 0 Å². The third-order valence-electron chi connectivity index (χ3n) is 0.368. The van der Waals surface area contributed by atoms with Crippen LogP contribution in [-0.4, -0.2) is 48.2 Å². The van der Waals surface area contributed by atoms with Crippen molar-refractivity contribution in [3.05, 3.63) is 12.2 Å². The molecule has 0 saturated carbocycles. The highest BCUT2D eigenvalue weighted by atomic mass is 16.4. The van der Waals surface area contributed by atoms with Crippen LogP contribution >= 0.6 is 0 Å². The third-order valence-corrected chi connectivity index (χ3v) is 0.368. The van der Waals surface area contributed by atoms with Crippen LogP contribution in [0.1, 0.15) is 0 Å². The lowest BCUT2D eigenvalue weighted by Gasteiger charge is -1.90. The Morgan fingerprint density at radius 2 is 1.17 bits per heavy atom. The first-order valence-corrected chi connectivity index (χ1v) is 3.11. The molecule has 5 nitrogen and oxygen atoms in total. The molecule has 5 heteroatoms. The molecule has 0 bridgehead atoms. The van der Waals surface area contributed by atoms with Gasteiger partial charge in [-0.1, -0.05) is 0 Å². The highest BCUT2D eigenvalue weighted by Crippen LogP contribution is 1.70. The lowest BCUT2D eigenvalue weighted by Crippen LogP contribution is -1.99. The Kier molecular flexibility index (Phi) is 8.55. The molecule has 0 aliphatic carbocycles. The van der Waals surface area contributed by atoms with Gasteiger partial charge < -0.3 is 15.1 Å². The Balaban J connectivity index is 0. The summed E-state index contributed by atoms with van der Waals surface area (Å²) in [4.78, 5) is 21.1. The van der Waals surface area contributed by atoms with Crippen molar-refractivity contribution in [1.29, 1.82) is 0 Å². The van der Waals surface area contributed by atoms with Gasteiger partial charge in [0.1, 0.15) is 0 Å². The van der Waals surface area contributed by atoms with Crippen molar-refractivity contribution in [2.75, 3.05) is 21.1 Å². The van der Waals surface area contributed by atoms with E-state index in [1.165, 1.54) is 0 Å². The van der Waals surface area contributed by atoms with Crippen LogP contribution in [0.3, 0.4) is 0 Å². The molecule has 0 aromatic carbocycles. The Bertz CT molecular complexity index is 155. The first-order valence-electron chi connectivity index (χ1n) is 3.11. The van der Waals surface area contributed by atoms with Crippen molar-refractivity contribution in [2.45, 2.75) is 0 Å². The number of carboxylic acids is 2. The average Bonchev–Trinajstić information content (AvgIpc) is 1.82. The molecule has 0 atom stereocenters. The molecule has 0 spiro atoms. The lowest BCUT2D eigenvalue weighted by molar-refractivity contribution is -0.134. The molecule has 0 amide bonds. The van der Waals surface area contributed by atoms with Crippen LogP contribution in [0.5, 0.6) is 0 Å². The van der Waals surface area contributed by atoms with Gasteiger partial charge in [0, 0.05) is 12.2 Å². The topological polar surface area (TPSA) is 77.8 Å². The number of hydrogen-bond donors (Lipinski definition) is 2. The van der Waals surface area contributed by atoms with Gasteiger partial charge in [0.05, 0.1) is 0 Å². The van der Waals surface area contributed by atoms with Crippen LogP contribution in [0.4, 0.5) is 0 Å². The molecule has 70 valence electrons. The molecule has 0 radical (unpaired) electrons. The van der Waals surface area contributed by atoms with Crippen LogP contribution in [0.2, 0.25) is 0 Å². The van der Waals surface area contributed by atoms with Gasteiger partial charge in [0.25, 0.3) is 0 Å². The van der Waals surface area contributed by atoms with Crippen molar-refractivity contribution in [3.8, 4) is 0 Å². The minimum Gasteiger partial charge on any atom is -0.478 e. The smallest absolute Gasteiger partial charge is 0.328 e. The summed E-state index contributed by atoms with van der Waals surface area (Å²) >= 11 is 0. The molecular weight excluding hydrogens is 162 g/mol. The molecule has 0 heterocycles. The van der Waals surface area contributed by atoms with Crippen molar-refractivity contribution in [1.82, 2.24) is 4.90 Å². The highest BCUT2D eigenvalue weighted by Gasteiger charge is 1.88. The first kappa shape index (κ1) is 13.2. The molecule has 0 unspecified atom stereocenters. The largest absolute Gasteiger partial charge is 0.478 e. The third kappa shape index (κ3) is 38.1. The fraction of sp³-hybridized carbons (Fsp3) is 0.429. The van der Waals surface area contributed by atoms with Gasteiger partial charge in [0.15, 0.2) is 0 Å². The number of aliphatic carboxylic acids is 2. The second-order valence-corrected chi connectivity index (χ2v) is 2.35. The molecule has 2 N–H and O–H groups in total. The van der Waals surface area contributed by atoms with Gasteiger partial charge in [0.2, 0.25) is 0 Å². The summed E-state index contributed by atoms with van der Waals surface area (Å²) in [6.07, 6.45) is 1.12. The fourth-order valence-corrected chi connectivity index (χ4v) is 0.143. The Hall–Kier alpha value is -1.36. The van der Waals surface area contributed by atoms with Crippen molar-refractivity contribution < 1.29 is 19.8 Å². The van der Waals surface area contributed by atoms with Crippen molar-refractivity contribution in [3.63, 3.8) is 0 Å². The van der Waals surface area contributed by atoms with Crippen molar-refractivity contribution >= 4 is 11.9 Å².